The molecule has 2 rings (SSSR count). The minimum Gasteiger partial charge on any atom is -0.507 e. The Kier molecular flexibility index (Phi) is 4.63. The normalized spacial score (nSPS) is 9.71. The summed E-state index contributed by atoms with van der Waals surface area (Å²) in [4.78, 5) is 0. The minimum absolute atomic E-state index is 0. The molecule has 0 aliphatic heterocycles. The van der Waals surface area contributed by atoms with Gasteiger partial charge in [-0.1, -0.05) is 37.3 Å². The molecule has 0 aliphatic rings. The van der Waals surface area contributed by atoms with Gasteiger partial charge in [-0.05, 0) is 24.1 Å². The van der Waals surface area contributed by atoms with Crippen molar-refractivity contribution < 1.29 is 10.2 Å². The molecular weight excluding hydrogens is 227 g/mol. The predicted octanol–water partition coefficient (Wildman–Crippen LogP) is 2.95. The summed E-state index contributed by atoms with van der Waals surface area (Å²) in [5.74, 6) is 0.402. The second-order valence-corrected chi connectivity index (χ2v) is 3.68. The standard InChI is InChI=1S/C14H14O2.Al/c1-2-10-6-5-9-13(16)14(10)11-7-3-4-8-12(11)15;/h3-9,15-16H,2H2,1H3;. The predicted molar refractivity (Wildman–Crippen MR) is 70.3 cm³/mol. The highest BCUT2D eigenvalue weighted by molar-refractivity contribution is 5.78. The van der Waals surface area contributed by atoms with Crippen molar-refractivity contribution in [1.82, 2.24) is 0 Å². The average molecular weight is 241 g/mol. The number of phenols is 2. The third-order valence-electron chi connectivity index (χ3n) is 2.68. The summed E-state index contributed by atoms with van der Waals surface area (Å²) in [6.07, 6.45) is 0.818. The lowest BCUT2D eigenvalue weighted by Crippen LogP contribution is -1.88. The van der Waals surface area contributed by atoms with Gasteiger partial charge in [-0.25, -0.2) is 0 Å². The summed E-state index contributed by atoms with van der Waals surface area (Å²) in [7, 11) is 0. The third-order valence-corrected chi connectivity index (χ3v) is 2.68. The van der Waals surface area contributed by atoms with Crippen LogP contribution in [0.1, 0.15) is 12.5 Å². The van der Waals surface area contributed by atoms with E-state index in [4.69, 9.17) is 0 Å². The summed E-state index contributed by atoms with van der Waals surface area (Å²) >= 11 is 0. The number of aromatic hydroxyl groups is 2. The number of aryl methyl sites for hydroxylation is 1. The van der Waals surface area contributed by atoms with Gasteiger partial charge in [0.25, 0.3) is 0 Å². The van der Waals surface area contributed by atoms with Gasteiger partial charge in [-0.15, -0.1) is 0 Å². The van der Waals surface area contributed by atoms with Crippen molar-refractivity contribution in [1.29, 1.82) is 0 Å². The van der Waals surface area contributed by atoms with Gasteiger partial charge in [-0.2, -0.15) is 0 Å². The van der Waals surface area contributed by atoms with Gasteiger partial charge in [0.1, 0.15) is 11.5 Å². The monoisotopic (exact) mass is 241 g/mol. The molecule has 0 unspecified atom stereocenters. The molecule has 0 amide bonds. The summed E-state index contributed by atoms with van der Waals surface area (Å²) in [6.45, 7) is 2.03. The van der Waals surface area contributed by atoms with Crippen LogP contribution in [-0.2, 0) is 6.42 Å². The van der Waals surface area contributed by atoms with Crippen LogP contribution in [0.25, 0.3) is 11.1 Å². The van der Waals surface area contributed by atoms with E-state index in [1.54, 1.807) is 18.2 Å². The van der Waals surface area contributed by atoms with Crippen LogP contribution in [0.4, 0.5) is 0 Å². The summed E-state index contributed by atoms with van der Waals surface area (Å²) in [5, 5.41) is 19.7. The first-order valence-corrected chi connectivity index (χ1v) is 5.33. The lowest BCUT2D eigenvalue weighted by molar-refractivity contribution is 0.468. The summed E-state index contributed by atoms with van der Waals surface area (Å²) in [6, 6.07) is 12.5. The fourth-order valence-electron chi connectivity index (χ4n) is 1.88. The number of phenolic OH excluding ortho intramolecular Hbond substituents is 2. The van der Waals surface area contributed by atoms with E-state index in [2.05, 4.69) is 0 Å². The van der Waals surface area contributed by atoms with Gasteiger partial charge in [0.05, 0.1) is 0 Å². The van der Waals surface area contributed by atoms with Crippen molar-refractivity contribution in [3.8, 4) is 22.6 Å². The van der Waals surface area contributed by atoms with Gasteiger partial charge in [-0.3, -0.25) is 0 Å². The van der Waals surface area contributed by atoms with Crippen molar-refractivity contribution in [2.45, 2.75) is 13.3 Å². The third kappa shape index (κ3) is 2.63. The van der Waals surface area contributed by atoms with Gasteiger partial charge in [0.2, 0.25) is 0 Å². The second kappa shape index (κ2) is 5.77. The van der Waals surface area contributed by atoms with Crippen LogP contribution in [-0.4, -0.2) is 27.6 Å². The van der Waals surface area contributed by atoms with Crippen molar-refractivity contribution in [2.24, 2.45) is 0 Å². The molecule has 0 aromatic heterocycles. The van der Waals surface area contributed by atoms with Gasteiger partial charge in [0.15, 0.2) is 0 Å². The lowest BCUT2D eigenvalue weighted by Gasteiger charge is -2.11. The number of hydrogen-bond acceptors (Lipinski definition) is 2. The molecule has 85 valence electrons. The fourth-order valence-corrected chi connectivity index (χ4v) is 1.88. The smallest absolute Gasteiger partial charge is 0.123 e. The Morgan fingerprint density at radius 1 is 0.882 bits per heavy atom. The maximum atomic E-state index is 9.89. The first-order chi connectivity index (χ1) is 7.74. The number of benzene rings is 2. The Bertz CT molecular complexity index is 509. The van der Waals surface area contributed by atoms with Gasteiger partial charge >= 0.3 is 0 Å². The van der Waals surface area contributed by atoms with Gasteiger partial charge in [0, 0.05) is 28.5 Å². The SMILES string of the molecule is CCc1cccc(O)c1-c1ccccc1O.[Al]. The van der Waals surface area contributed by atoms with E-state index in [1.165, 1.54) is 0 Å². The first-order valence-electron chi connectivity index (χ1n) is 5.33. The molecule has 0 saturated heterocycles. The molecule has 2 nitrogen and oxygen atoms in total. The molecule has 0 aliphatic carbocycles. The average Bonchev–Trinajstić information content (AvgIpc) is 2.30. The summed E-state index contributed by atoms with van der Waals surface area (Å²) < 4.78 is 0. The zero-order valence-electron chi connectivity index (χ0n) is 9.72. The first kappa shape index (κ1) is 13.6. The van der Waals surface area contributed by atoms with Crippen molar-refractivity contribution in [3.05, 3.63) is 48.0 Å². The van der Waals surface area contributed by atoms with Gasteiger partial charge < -0.3 is 10.2 Å². The molecule has 2 aromatic carbocycles. The Morgan fingerprint density at radius 3 is 2.18 bits per heavy atom. The van der Waals surface area contributed by atoms with Crippen LogP contribution in [0.2, 0.25) is 0 Å². The zero-order valence-corrected chi connectivity index (χ0v) is 10.9. The van der Waals surface area contributed by atoms with E-state index in [9.17, 15) is 10.2 Å². The van der Waals surface area contributed by atoms with Crippen LogP contribution in [0.3, 0.4) is 0 Å². The van der Waals surface area contributed by atoms with Crippen LogP contribution in [0, 0.1) is 0 Å². The number of rotatable bonds is 2. The minimum atomic E-state index is 0. The molecule has 17 heavy (non-hydrogen) atoms. The highest BCUT2D eigenvalue weighted by Gasteiger charge is 2.11. The number of hydrogen-bond donors (Lipinski definition) is 2. The van der Waals surface area contributed by atoms with E-state index in [0.717, 1.165) is 17.5 Å². The van der Waals surface area contributed by atoms with E-state index >= 15 is 0 Å². The molecule has 2 aromatic rings. The number of para-hydroxylation sites is 1. The van der Waals surface area contributed by atoms with Crippen molar-refractivity contribution in [2.75, 3.05) is 0 Å². The van der Waals surface area contributed by atoms with E-state index < -0.39 is 0 Å². The van der Waals surface area contributed by atoms with Crippen LogP contribution < -0.4 is 0 Å². The molecular formula is C14H14AlO2. The van der Waals surface area contributed by atoms with Crippen molar-refractivity contribution in [3.63, 3.8) is 0 Å². The molecule has 0 bridgehead atoms. The maximum Gasteiger partial charge on any atom is 0.123 e. The molecule has 0 spiro atoms. The zero-order chi connectivity index (χ0) is 11.5. The quantitative estimate of drug-likeness (QED) is 0.793. The molecule has 2 N–H and O–H groups in total. The highest BCUT2D eigenvalue weighted by atomic mass is 27.0. The van der Waals surface area contributed by atoms with Crippen LogP contribution >= 0.6 is 0 Å². The van der Waals surface area contributed by atoms with Crippen LogP contribution in [0.15, 0.2) is 42.5 Å². The molecule has 0 saturated carbocycles. The second-order valence-electron chi connectivity index (χ2n) is 3.68. The highest BCUT2D eigenvalue weighted by Crippen LogP contribution is 2.37. The van der Waals surface area contributed by atoms with E-state index in [-0.39, 0.29) is 28.9 Å². The Labute approximate surface area is 112 Å². The largest absolute Gasteiger partial charge is 0.507 e. The Hall–Kier alpha value is -1.43. The molecule has 0 fully saturated rings. The molecule has 0 heterocycles. The maximum absolute atomic E-state index is 9.89. The molecule has 3 radical (unpaired) electrons. The lowest BCUT2D eigenvalue weighted by atomic mass is 9.96. The molecule has 3 heteroatoms. The van der Waals surface area contributed by atoms with E-state index in [0.29, 0.717) is 5.56 Å². The topological polar surface area (TPSA) is 40.5 Å². The van der Waals surface area contributed by atoms with E-state index in [1.807, 2.05) is 31.2 Å². The Balaban J connectivity index is 0.00000144. The fraction of sp³-hybridized carbons (Fsp3) is 0.143. The summed E-state index contributed by atoms with van der Waals surface area (Å²) in [5.41, 5.74) is 2.43. The Morgan fingerprint density at radius 2 is 1.53 bits per heavy atom. The molecule has 0 atom stereocenters. The van der Waals surface area contributed by atoms with Crippen LogP contribution in [0.5, 0.6) is 11.5 Å². The van der Waals surface area contributed by atoms with Crippen molar-refractivity contribution >= 4 is 17.4 Å².